The van der Waals surface area contributed by atoms with Gasteiger partial charge in [-0.05, 0) is 36.8 Å². The number of carbonyl (C=O) groups is 3. The van der Waals surface area contributed by atoms with Crippen LogP contribution >= 0.6 is 11.6 Å². The van der Waals surface area contributed by atoms with Crippen LogP contribution < -0.4 is 10.6 Å². The first-order chi connectivity index (χ1) is 15.2. The van der Waals surface area contributed by atoms with Gasteiger partial charge in [-0.1, -0.05) is 37.6 Å². The number of rotatable bonds is 6. The molecule has 0 saturated carbocycles. The maximum absolute atomic E-state index is 13.4. The van der Waals surface area contributed by atoms with E-state index >= 15 is 0 Å². The molecule has 3 heterocycles. The van der Waals surface area contributed by atoms with E-state index in [4.69, 9.17) is 11.6 Å². The number of likely N-dealkylation sites (tertiary alicyclic amines) is 1. The van der Waals surface area contributed by atoms with Gasteiger partial charge in [0.1, 0.15) is 11.7 Å². The number of aromatic nitrogens is 1. The van der Waals surface area contributed by atoms with Gasteiger partial charge in [-0.3, -0.25) is 14.4 Å². The van der Waals surface area contributed by atoms with E-state index in [9.17, 15) is 19.5 Å². The Morgan fingerprint density at radius 2 is 2.16 bits per heavy atom. The molecule has 0 bridgehead atoms. The van der Waals surface area contributed by atoms with E-state index in [1.807, 2.05) is 26.0 Å². The summed E-state index contributed by atoms with van der Waals surface area (Å²) in [6.45, 7) is 4.83. The first-order valence-electron chi connectivity index (χ1n) is 11.0. The van der Waals surface area contributed by atoms with Crippen LogP contribution in [0, 0.1) is 11.3 Å². The quantitative estimate of drug-likeness (QED) is 0.528. The Hall–Kier alpha value is -2.58. The number of aliphatic hydroxyl groups excluding tert-OH is 1. The number of nitrogens with zero attached hydrogens (tertiary/aromatic N) is 1. The lowest BCUT2D eigenvalue weighted by Gasteiger charge is -2.26. The molecule has 2 fully saturated rings. The topological polar surface area (TPSA) is 115 Å². The predicted octanol–water partition coefficient (Wildman–Crippen LogP) is 2.07. The molecule has 2 saturated heterocycles. The van der Waals surface area contributed by atoms with E-state index in [2.05, 4.69) is 15.6 Å². The van der Waals surface area contributed by atoms with Crippen LogP contribution in [0.4, 0.5) is 0 Å². The predicted molar refractivity (Wildman–Crippen MR) is 121 cm³/mol. The number of aromatic amines is 1. The van der Waals surface area contributed by atoms with E-state index in [1.165, 1.54) is 0 Å². The number of hydrogen-bond acceptors (Lipinski definition) is 4. The maximum Gasteiger partial charge on any atom is 0.271 e. The normalized spacial score (nSPS) is 23.4. The Morgan fingerprint density at radius 1 is 1.38 bits per heavy atom. The minimum absolute atomic E-state index is 0.0472. The largest absolute Gasteiger partial charge is 0.394 e. The van der Waals surface area contributed by atoms with Crippen molar-refractivity contribution in [3.05, 3.63) is 35.0 Å². The number of carbonyl (C=O) groups excluding carboxylic acids is 3. The van der Waals surface area contributed by atoms with Crippen molar-refractivity contribution in [3.8, 4) is 0 Å². The Labute approximate surface area is 191 Å². The molecule has 3 amide bonds. The van der Waals surface area contributed by atoms with Crippen LogP contribution in [0.5, 0.6) is 0 Å². The van der Waals surface area contributed by atoms with Crippen molar-refractivity contribution in [1.82, 2.24) is 20.5 Å². The molecule has 2 aromatic rings. The van der Waals surface area contributed by atoms with Gasteiger partial charge in [0.25, 0.3) is 5.91 Å². The molecule has 0 aliphatic carbocycles. The lowest BCUT2D eigenvalue weighted by Crippen LogP contribution is -2.50. The molecule has 32 heavy (non-hydrogen) atoms. The van der Waals surface area contributed by atoms with Crippen LogP contribution in [0.3, 0.4) is 0 Å². The SMILES string of the molecule is CC1(C)C[C@@H](C(=O)N[C@H](CO)C[C@@H]2CCNC2=O)N(C(=O)c2cc3cccc(Cl)c3[nH]2)C1. The van der Waals surface area contributed by atoms with Crippen molar-refractivity contribution in [3.63, 3.8) is 0 Å². The van der Waals surface area contributed by atoms with E-state index < -0.39 is 12.1 Å². The summed E-state index contributed by atoms with van der Waals surface area (Å²) < 4.78 is 0. The summed E-state index contributed by atoms with van der Waals surface area (Å²) in [6, 6.07) is 6.00. The zero-order valence-corrected chi connectivity index (χ0v) is 19.0. The third-order valence-corrected chi connectivity index (χ3v) is 6.73. The summed E-state index contributed by atoms with van der Waals surface area (Å²) in [5.74, 6) is -0.843. The molecule has 4 N–H and O–H groups in total. The minimum Gasteiger partial charge on any atom is -0.394 e. The van der Waals surface area contributed by atoms with Gasteiger partial charge in [0.2, 0.25) is 11.8 Å². The molecule has 0 radical (unpaired) electrons. The number of halogens is 1. The van der Waals surface area contributed by atoms with Crippen molar-refractivity contribution in [2.75, 3.05) is 19.7 Å². The molecule has 3 atom stereocenters. The van der Waals surface area contributed by atoms with Crippen molar-refractivity contribution in [2.24, 2.45) is 11.3 Å². The fourth-order valence-corrected chi connectivity index (χ4v) is 5.03. The van der Waals surface area contributed by atoms with Gasteiger partial charge >= 0.3 is 0 Å². The Balaban J connectivity index is 1.51. The van der Waals surface area contributed by atoms with E-state index in [0.29, 0.717) is 48.6 Å². The highest BCUT2D eigenvalue weighted by molar-refractivity contribution is 6.35. The number of fused-ring (bicyclic) bond motifs is 1. The molecule has 0 unspecified atom stereocenters. The average Bonchev–Trinajstić information content (AvgIpc) is 3.44. The smallest absolute Gasteiger partial charge is 0.271 e. The summed E-state index contributed by atoms with van der Waals surface area (Å²) in [6.07, 6.45) is 1.57. The number of nitrogens with one attached hydrogen (secondary N) is 3. The van der Waals surface area contributed by atoms with Crippen LogP contribution in [0.2, 0.25) is 5.02 Å². The summed E-state index contributed by atoms with van der Waals surface area (Å²) >= 11 is 6.24. The summed E-state index contributed by atoms with van der Waals surface area (Å²) in [7, 11) is 0. The lowest BCUT2D eigenvalue weighted by molar-refractivity contribution is -0.127. The molecule has 172 valence electrons. The average molecular weight is 461 g/mol. The zero-order chi connectivity index (χ0) is 23.0. The molecular formula is C23H29ClN4O4. The highest BCUT2D eigenvalue weighted by Gasteiger charge is 2.44. The number of para-hydroxylation sites is 1. The molecule has 1 aromatic heterocycles. The first kappa shape index (κ1) is 22.6. The molecule has 9 heteroatoms. The van der Waals surface area contributed by atoms with Crippen molar-refractivity contribution in [1.29, 1.82) is 0 Å². The van der Waals surface area contributed by atoms with Gasteiger partial charge in [-0.15, -0.1) is 0 Å². The van der Waals surface area contributed by atoms with Gasteiger partial charge in [0.05, 0.1) is 23.2 Å². The number of hydrogen-bond donors (Lipinski definition) is 4. The molecule has 2 aliphatic rings. The molecule has 2 aliphatic heterocycles. The van der Waals surface area contributed by atoms with E-state index in [-0.39, 0.29) is 35.7 Å². The molecule has 4 rings (SSSR count). The van der Waals surface area contributed by atoms with Gasteiger partial charge < -0.3 is 25.6 Å². The Bertz CT molecular complexity index is 1050. The lowest BCUT2D eigenvalue weighted by atomic mass is 9.90. The van der Waals surface area contributed by atoms with Gasteiger partial charge in [-0.2, -0.15) is 0 Å². The number of aliphatic hydroxyl groups is 1. The standard InChI is InChI=1S/C23H29ClN4O4/c1-23(2)10-18(21(31)26-15(11-29)8-14-6-7-25-20(14)30)28(12-23)22(32)17-9-13-4-3-5-16(24)19(13)27-17/h3-5,9,14-15,18,27,29H,6-8,10-12H2,1-2H3,(H,25,30)(H,26,31)/t14-,15-,18-/m0/s1. The molecule has 0 spiro atoms. The number of amides is 3. The first-order valence-corrected chi connectivity index (χ1v) is 11.3. The zero-order valence-electron chi connectivity index (χ0n) is 18.3. The van der Waals surface area contributed by atoms with Gasteiger partial charge in [0.15, 0.2) is 0 Å². The van der Waals surface area contributed by atoms with Crippen LogP contribution in [-0.2, 0) is 9.59 Å². The van der Waals surface area contributed by atoms with Crippen LogP contribution in [0.15, 0.2) is 24.3 Å². The van der Waals surface area contributed by atoms with Gasteiger partial charge in [-0.25, -0.2) is 0 Å². The summed E-state index contributed by atoms with van der Waals surface area (Å²) in [5, 5.41) is 16.8. The van der Waals surface area contributed by atoms with Crippen molar-refractivity contribution >= 4 is 40.2 Å². The van der Waals surface area contributed by atoms with Crippen LogP contribution in [0.1, 0.15) is 43.6 Å². The van der Waals surface area contributed by atoms with E-state index in [0.717, 1.165) is 5.39 Å². The number of H-pyrrole nitrogens is 1. The summed E-state index contributed by atoms with van der Waals surface area (Å²) in [4.78, 5) is 43.1. The summed E-state index contributed by atoms with van der Waals surface area (Å²) in [5.41, 5.74) is 0.832. The monoisotopic (exact) mass is 460 g/mol. The highest BCUT2D eigenvalue weighted by atomic mass is 35.5. The van der Waals surface area contributed by atoms with Crippen LogP contribution in [0.25, 0.3) is 10.9 Å². The number of benzene rings is 1. The van der Waals surface area contributed by atoms with Crippen molar-refractivity contribution < 1.29 is 19.5 Å². The second-order valence-electron chi connectivity index (χ2n) is 9.60. The second-order valence-corrected chi connectivity index (χ2v) is 10.0. The Kier molecular flexibility index (Phi) is 6.18. The Morgan fingerprint density at radius 3 is 2.81 bits per heavy atom. The van der Waals surface area contributed by atoms with Crippen molar-refractivity contribution in [2.45, 2.75) is 45.2 Å². The third kappa shape index (κ3) is 4.47. The molecule has 8 nitrogen and oxygen atoms in total. The van der Waals surface area contributed by atoms with Crippen LogP contribution in [-0.4, -0.2) is 64.5 Å². The molecule has 1 aromatic carbocycles. The highest BCUT2D eigenvalue weighted by Crippen LogP contribution is 2.35. The maximum atomic E-state index is 13.4. The second kappa shape index (κ2) is 8.75. The van der Waals surface area contributed by atoms with E-state index in [1.54, 1.807) is 17.0 Å². The fraction of sp³-hybridized carbons (Fsp3) is 0.522. The third-order valence-electron chi connectivity index (χ3n) is 6.42. The fourth-order valence-electron chi connectivity index (χ4n) is 4.80. The molecular weight excluding hydrogens is 432 g/mol. The van der Waals surface area contributed by atoms with Gasteiger partial charge in [0, 0.05) is 24.4 Å². The minimum atomic E-state index is -0.661.